The fourth-order valence-electron chi connectivity index (χ4n) is 2.43. The summed E-state index contributed by atoms with van der Waals surface area (Å²) in [5, 5.41) is 30.3. The van der Waals surface area contributed by atoms with Gasteiger partial charge in [-0.2, -0.15) is 0 Å². The fraction of sp³-hybridized carbons (Fsp3) is 0. The van der Waals surface area contributed by atoms with Crippen LogP contribution in [0.25, 0.3) is 22.3 Å². The number of phenols is 3. The van der Waals surface area contributed by atoms with Gasteiger partial charge < -0.3 is 15.3 Å². The first-order valence-electron chi connectivity index (χ1n) is 6.57. The molecule has 0 aliphatic rings. The Labute approximate surface area is 122 Å². The molecule has 0 saturated carbocycles. The lowest BCUT2D eigenvalue weighted by molar-refractivity contribution is 0.398. The molecule has 3 nitrogen and oxygen atoms in total. The van der Waals surface area contributed by atoms with Gasteiger partial charge in [-0.15, -0.1) is 0 Å². The molecule has 3 N–H and O–H groups in total. The van der Waals surface area contributed by atoms with Crippen molar-refractivity contribution < 1.29 is 15.3 Å². The molecular weight excluding hydrogens is 264 g/mol. The quantitative estimate of drug-likeness (QED) is 0.487. The maximum absolute atomic E-state index is 10.3. The van der Waals surface area contributed by atoms with Gasteiger partial charge in [0.2, 0.25) is 0 Å². The van der Waals surface area contributed by atoms with E-state index in [0.717, 1.165) is 17.2 Å². The van der Waals surface area contributed by atoms with E-state index in [1.54, 1.807) is 0 Å². The molecule has 0 unspecified atom stereocenters. The zero-order valence-corrected chi connectivity index (χ0v) is 11.2. The molecule has 0 fully saturated rings. The first-order valence-corrected chi connectivity index (χ1v) is 6.57. The minimum atomic E-state index is -0.342. The van der Waals surface area contributed by atoms with Crippen LogP contribution in [0.3, 0.4) is 0 Å². The predicted octanol–water partition coefficient (Wildman–Crippen LogP) is 4.14. The molecule has 0 bridgehead atoms. The minimum absolute atomic E-state index is 0.0737. The molecule has 21 heavy (non-hydrogen) atoms. The standard InChI is InChI=1S/C18H14O3/c19-14-11-15(20)18(21)17(13-9-5-2-6-10-13)16(14)12-7-3-1-4-8-12/h1-11,19-21H. The lowest BCUT2D eigenvalue weighted by atomic mass is 9.92. The van der Waals surface area contributed by atoms with Gasteiger partial charge in [0.15, 0.2) is 11.5 Å². The number of aromatic hydroxyl groups is 3. The van der Waals surface area contributed by atoms with Crippen LogP contribution in [-0.2, 0) is 0 Å². The Balaban J connectivity index is 2.37. The molecule has 3 aromatic carbocycles. The minimum Gasteiger partial charge on any atom is -0.507 e. The second-order valence-electron chi connectivity index (χ2n) is 4.75. The number of hydrogen-bond donors (Lipinski definition) is 3. The Morgan fingerprint density at radius 1 is 0.524 bits per heavy atom. The highest BCUT2D eigenvalue weighted by Crippen LogP contribution is 2.48. The molecule has 0 heterocycles. The van der Waals surface area contributed by atoms with Crippen molar-refractivity contribution in [1.82, 2.24) is 0 Å². The molecule has 3 heteroatoms. The van der Waals surface area contributed by atoms with Crippen LogP contribution in [0.1, 0.15) is 0 Å². The Kier molecular flexibility index (Phi) is 3.24. The zero-order chi connectivity index (χ0) is 14.8. The van der Waals surface area contributed by atoms with Gasteiger partial charge in [-0.05, 0) is 11.1 Å². The Morgan fingerprint density at radius 2 is 1.00 bits per heavy atom. The van der Waals surface area contributed by atoms with E-state index in [0.29, 0.717) is 11.1 Å². The Morgan fingerprint density at radius 3 is 1.52 bits per heavy atom. The van der Waals surface area contributed by atoms with Gasteiger partial charge in [-0.25, -0.2) is 0 Å². The van der Waals surface area contributed by atoms with Crippen molar-refractivity contribution in [3.8, 4) is 39.5 Å². The van der Waals surface area contributed by atoms with Gasteiger partial charge >= 0.3 is 0 Å². The lowest BCUT2D eigenvalue weighted by Crippen LogP contribution is -1.88. The average Bonchev–Trinajstić information content (AvgIpc) is 2.52. The van der Waals surface area contributed by atoms with E-state index in [-0.39, 0.29) is 17.2 Å². The molecule has 0 spiro atoms. The second kappa shape index (κ2) is 5.21. The largest absolute Gasteiger partial charge is 0.507 e. The van der Waals surface area contributed by atoms with Crippen molar-refractivity contribution >= 4 is 0 Å². The first-order chi connectivity index (χ1) is 10.2. The highest BCUT2D eigenvalue weighted by molar-refractivity contribution is 5.92. The summed E-state index contributed by atoms with van der Waals surface area (Å²) in [6, 6.07) is 19.6. The Bertz CT molecular complexity index is 765. The third-order valence-electron chi connectivity index (χ3n) is 3.38. The van der Waals surface area contributed by atoms with Crippen molar-refractivity contribution in [3.63, 3.8) is 0 Å². The van der Waals surface area contributed by atoms with Crippen molar-refractivity contribution in [2.24, 2.45) is 0 Å². The monoisotopic (exact) mass is 278 g/mol. The SMILES string of the molecule is Oc1cc(O)c(-c2ccccc2)c(-c2ccccc2)c1O. The van der Waals surface area contributed by atoms with Gasteiger partial charge in [-0.3, -0.25) is 0 Å². The maximum Gasteiger partial charge on any atom is 0.166 e. The van der Waals surface area contributed by atoms with Gasteiger partial charge in [-0.1, -0.05) is 60.7 Å². The van der Waals surface area contributed by atoms with Crippen molar-refractivity contribution in [3.05, 3.63) is 66.7 Å². The smallest absolute Gasteiger partial charge is 0.166 e. The molecule has 0 saturated heterocycles. The van der Waals surface area contributed by atoms with E-state index in [1.807, 2.05) is 60.7 Å². The van der Waals surface area contributed by atoms with Crippen LogP contribution in [0.5, 0.6) is 17.2 Å². The molecule has 0 atom stereocenters. The number of hydrogen-bond acceptors (Lipinski definition) is 3. The van der Waals surface area contributed by atoms with Crippen LogP contribution in [0.15, 0.2) is 66.7 Å². The topological polar surface area (TPSA) is 60.7 Å². The molecule has 0 radical (unpaired) electrons. The van der Waals surface area contributed by atoms with E-state index < -0.39 is 0 Å². The Hall–Kier alpha value is -2.94. The summed E-state index contributed by atoms with van der Waals surface area (Å²) in [5.41, 5.74) is 2.40. The number of rotatable bonds is 2. The van der Waals surface area contributed by atoms with Crippen LogP contribution >= 0.6 is 0 Å². The van der Waals surface area contributed by atoms with Gasteiger partial charge in [0, 0.05) is 17.2 Å². The van der Waals surface area contributed by atoms with E-state index in [2.05, 4.69) is 0 Å². The van der Waals surface area contributed by atoms with Gasteiger partial charge in [0.25, 0.3) is 0 Å². The summed E-state index contributed by atoms with van der Waals surface area (Å²) < 4.78 is 0. The molecule has 0 amide bonds. The highest BCUT2D eigenvalue weighted by atomic mass is 16.3. The summed E-state index contributed by atoms with van der Waals surface area (Å²) in [6.45, 7) is 0. The van der Waals surface area contributed by atoms with E-state index in [9.17, 15) is 15.3 Å². The van der Waals surface area contributed by atoms with Crippen LogP contribution < -0.4 is 0 Å². The van der Waals surface area contributed by atoms with E-state index in [1.165, 1.54) is 0 Å². The summed E-state index contributed by atoms with van der Waals surface area (Å²) in [5.74, 6) is -0.653. The predicted molar refractivity (Wildman–Crippen MR) is 82.3 cm³/mol. The van der Waals surface area contributed by atoms with Crippen LogP contribution in [0, 0.1) is 0 Å². The van der Waals surface area contributed by atoms with Crippen molar-refractivity contribution in [1.29, 1.82) is 0 Å². The third-order valence-corrected chi connectivity index (χ3v) is 3.38. The molecule has 3 rings (SSSR count). The molecule has 104 valence electrons. The van der Waals surface area contributed by atoms with E-state index in [4.69, 9.17) is 0 Å². The number of phenolic OH excluding ortho intramolecular Hbond substituents is 3. The fourth-order valence-corrected chi connectivity index (χ4v) is 2.43. The molecule has 3 aromatic rings. The second-order valence-corrected chi connectivity index (χ2v) is 4.75. The van der Waals surface area contributed by atoms with E-state index >= 15 is 0 Å². The summed E-state index contributed by atoms with van der Waals surface area (Å²) >= 11 is 0. The van der Waals surface area contributed by atoms with Gasteiger partial charge in [0.1, 0.15) is 5.75 Å². The number of benzene rings is 3. The van der Waals surface area contributed by atoms with Crippen molar-refractivity contribution in [2.45, 2.75) is 0 Å². The zero-order valence-electron chi connectivity index (χ0n) is 11.2. The first kappa shape index (κ1) is 13.1. The van der Waals surface area contributed by atoms with Gasteiger partial charge in [0.05, 0.1) is 0 Å². The normalized spacial score (nSPS) is 10.5. The van der Waals surface area contributed by atoms with Crippen LogP contribution in [-0.4, -0.2) is 15.3 Å². The summed E-state index contributed by atoms with van der Waals surface area (Å²) in [4.78, 5) is 0. The molecule has 0 aliphatic carbocycles. The maximum atomic E-state index is 10.3. The molecule has 0 aromatic heterocycles. The highest BCUT2D eigenvalue weighted by Gasteiger charge is 2.19. The summed E-state index contributed by atoms with van der Waals surface area (Å²) in [6.07, 6.45) is 0. The molecule has 0 aliphatic heterocycles. The average molecular weight is 278 g/mol. The van der Waals surface area contributed by atoms with Crippen molar-refractivity contribution in [2.75, 3.05) is 0 Å². The lowest BCUT2D eigenvalue weighted by Gasteiger charge is -2.15. The van der Waals surface area contributed by atoms with Crippen LogP contribution in [0.2, 0.25) is 0 Å². The molecular formula is C18H14O3. The summed E-state index contributed by atoms with van der Waals surface area (Å²) in [7, 11) is 0. The van der Waals surface area contributed by atoms with Crippen LogP contribution in [0.4, 0.5) is 0 Å². The third kappa shape index (κ3) is 2.30.